The second kappa shape index (κ2) is 8.57. The average Bonchev–Trinajstić information content (AvgIpc) is 3.16. The molecule has 1 aliphatic rings. The summed E-state index contributed by atoms with van der Waals surface area (Å²) in [7, 11) is 1.67. The first-order valence-corrected chi connectivity index (χ1v) is 10.2. The highest BCUT2D eigenvalue weighted by molar-refractivity contribution is 5.99. The number of benzene rings is 2. The normalized spacial score (nSPS) is 16.7. The van der Waals surface area contributed by atoms with Crippen molar-refractivity contribution in [3.8, 4) is 0 Å². The molecule has 0 aliphatic carbocycles. The summed E-state index contributed by atoms with van der Waals surface area (Å²) in [6.07, 6.45) is 3.94. The maximum atomic E-state index is 13.3. The van der Waals surface area contributed by atoms with Crippen molar-refractivity contribution in [2.75, 3.05) is 25.0 Å². The first kappa shape index (κ1) is 19.9. The molecule has 1 atom stereocenters. The number of aromatic amines is 1. The van der Waals surface area contributed by atoms with Gasteiger partial charge in [0, 0.05) is 42.9 Å². The van der Waals surface area contributed by atoms with E-state index in [1.54, 1.807) is 18.0 Å². The van der Waals surface area contributed by atoms with Gasteiger partial charge in [-0.25, -0.2) is 9.18 Å². The molecule has 3 aromatic rings. The number of amides is 3. The molecule has 0 saturated carbocycles. The zero-order valence-corrected chi connectivity index (χ0v) is 16.9. The van der Waals surface area contributed by atoms with Crippen LogP contribution in [0.25, 0.3) is 10.9 Å². The summed E-state index contributed by atoms with van der Waals surface area (Å²) in [4.78, 5) is 31.9. The van der Waals surface area contributed by atoms with Crippen LogP contribution in [-0.4, -0.2) is 48.0 Å². The van der Waals surface area contributed by atoms with E-state index in [1.807, 2.05) is 36.5 Å². The van der Waals surface area contributed by atoms with E-state index in [0.717, 1.165) is 28.6 Å². The van der Waals surface area contributed by atoms with Gasteiger partial charge in [-0.1, -0.05) is 18.2 Å². The van der Waals surface area contributed by atoms with Crippen LogP contribution in [0.1, 0.15) is 18.4 Å². The lowest BCUT2D eigenvalue weighted by Gasteiger charge is -2.36. The number of piperidine rings is 1. The Hall–Kier alpha value is -3.35. The van der Waals surface area contributed by atoms with Crippen LogP contribution in [0.4, 0.5) is 14.9 Å². The number of hydrogen-bond donors (Lipinski definition) is 2. The fourth-order valence-electron chi connectivity index (χ4n) is 4.02. The number of carbonyl (C=O) groups excluding carboxylic acids is 2. The summed E-state index contributed by atoms with van der Waals surface area (Å²) in [6.45, 7) is 1.09. The van der Waals surface area contributed by atoms with Crippen LogP contribution in [-0.2, 0) is 11.2 Å². The minimum Gasteiger partial charge on any atom is -0.361 e. The third kappa shape index (κ3) is 4.01. The summed E-state index contributed by atoms with van der Waals surface area (Å²) in [5, 5.41) is 3.84. The molecule has 6 nitrogen and oxygen atoms in total. The molecule has 0 bridgehead atoms. The summed E-state index contributed by atoms with van der Waals surface area (Å²) in [5.41, 5.74) is 2.61. The summed E-state index contributed by atoms with van der Waals surface area (Å²) < 4.78 is 13.3. The van der Waals surface area contributed by atoms with Crippen molar-refractivity contribution in [3.05, 3.63) is 66.1 Å². The van der Waals surface area contributed by atoms with Crippen LogP contribution in [0, 0.1) is 5.82 Å². The van der Waals surface area contributed by atoms with Crippen molar-refractivity contribution in [3.63, 3.8) is 0 Å². The van der Waals surface area contributed by atoms with Gasteiger partial charge in [0.05, 0.1) is 0 Å². The number of rotatable bonds is 5. The second-order valence-electron chi connectivity index (χ2n) is 7.58. The molecular weight excluding hydrogens is 383 g/mol. The molecule has 1 aromatic heterocycles. The molecule has 2 N–H and O–H groups in total. The lowest BCUT2D eigenvalue weighted by molar-refractivity contribution is -0.123. The monoisotopic (exact) mass is 408 g/mol. The summed E-state index contributed by atoms with van der Waals surface area (Å²) in [6, 6.07) is 13.4. The Kier molecular flexibility index (Phi) is 5.70. The SMILES string of the molecule is CN(C(=O)NCCc1c[nH]c2cc(F)ccc12)C1CCCN(c2ccccc2)C1=O. The highest BCUT2D eigenvalue weighted by Crippen LogP contribution is 2.23. The Morgan fingerprint density at radius 2 is 2.07 bits per heavy atom. The molecule has 4 rings (SSSR count). The number of carbonyl (C=O) groups is 2. The van der Waals surface area contributed by atoms with Crippen molar-refractivity contribution >= 4 is 28.5 Å². The van der Waals surface area contributed by atoms with Gasteiger partial charge in [-0.3, -0.25) is 4.79 Å². The first-order valence-electron chi connectivity index (χ1n) is 10.2. The van der Waals surface area contributed by atoms with E-state index in [0.29, 0.717) is 25.9 Å². The molecule has 1 fully saturated rings. The Bertz CT molecular complexity index is 1050. The van der Waals surface area contributed by atoms with Crippen LogP contribution in [0.15, 0.2) is 54.7 Å². The number of anilines is 1. The first-order chi connectivity index (χ1) is 14.5. The predicted octanol–water partition coefficient (Wildman–Crippen LogP) is 3.69. The van der Waals surface area contributed by atoms with Gasteiger partial charge in [-0.2, -0.15) is 0 Å². The van der Waals surface area contributed by atoms with Gasteiger partial charge < -0.3 is 20.1 Å². The Labute approximate surface area is 174 Å². The third-order valence-corrected chi connectivity index (χ3v) is 5.67. The molecule has 30 heavy (non-hydrogen) atoms. The second-order valence-corrected chi connectivity index (χ2v) is 7.58. The van der Waals surface area contributed by atoms with E-state index >= 15 is 0 Å². The number of nitrogens with zero attached hydrogens (tertiary/aromatic N) is 2. The van der Waals surface area contributed by atoms with Gasteiger partial charge in [0.1, 0.15) is 11.9 Å². The van der Waals surface area contributed by atoms with Gasteiger partial charge in [-0.15, -0.1) is 0 Å². The standard InChI is InChI=1S/C23H25FN4O2/c1-27(21-8-5-13-28(22(21)29)18-6-3-2-4-7-18)23(30)25-12-11-16-15-26-20-14-17(24)9-10-19(16)20/h2-4,6-7,9-10,14-15,21,26H,5,8,11-13H2,1H3,(H,25,30). The fourth-order valence-corrected chi connectivity index (χ4v) is 4.02. The Morgan fingerprint density at radius 3 is 2.87 bits per heavy atom. The van der Waals surface area contributed by atoms with Crippen LogP contribution in [0.3, 0.4) is 0 Å². The van der Waals surface area contributed by atoms with E-state index < -0.39 is 6.04 Å². The lowest BCUT2D eigenvalue weighted by atomic mass is 10.0. The Balaban J connectivity index is 1.35. The molecule has 1 unspecified atom stereocenters. The number of hydrogen-bond acceptors (Lipinski definition) is 2. The van der Waals surface area contributed by atoms with E-state index in [1.165, 1.54) is 17.0 Å². The molecule has 2 heterocycles. The van der Waals surface area contributed by atoms with Gasteiger partial charge in [0.2, 0.25) is 5.91 Å². The molecule has 1 aliphatic heterocycles. The molecule has 2 aromatic carbocycles. The highest BCUT2D eigenvalue weighted by Gasteiger charge is 2.34. The minimum absolute atomic E-state index is 0.0521. The van der Waals surface area contributed by atoms with Crippen molar-refractivity contribution in [1.82, 2.24) is 15.2 Å². The maximum absolute atomic E-state index is 13.3. The van der Waals surface area contributed by atoms with E-state index in [2.05, 4.69) is 10.3 Å². The maximum Gasteiger partial charge on any atom is 0.317 e. The van der Waals surface area contributed by atoms with Crippen molar-refractivity contribution in [1.29, 1.82) is 0 Å². The summed E-state index contributed by atoms with van der Waals surface area (Å²) in [5.74, 6) is -0.337. The van der Waals surface area contributed by atoms with Gasteiger partial charge in [-0.05, 0) is 55.2 Å². The number of para-hydroxylation sites is 1. The third-order valence-electron chi connectivity index (χ3n) is 5.67. The van der Waals surface area contributed by atoms with Crippen molar-refractivity contribution < 1.29 is 14.0 Å². The molecule has 1 saturated heterocycles. The van der Waals surface area contributed by atoms with Gasteiger partial charge in [0.15, 0.2) is 0 Å². The molecule has 7 heteroatoms. The number of fused-ring (bicyclic) bond motifs is 1. The van der Waals surface area contributed by atoms with Crippen molar-refractivity contribution in [2.24, 2.45) is 0 Å². The Morgan fingerprint density at radius 1 is 1.27 bits per heavy atom. The van der Waals surface area contributed by atoms with Gasteiger partial charge >= 0.3 is 6.03 Å². The molecule has 0 spiro atoms. The predicted molar refractivity (Wildman–Crippen MR) is 115 cm³/mol. The number of likely N-dealkylation sites (N-methyl/N-ethyl adjacent to an activating group) is 1. The van der Waals surface area contributed by atoms with Gasteiger partial charge in [0.25, 0.3) is 0 Å². The number of nitrogens with one attached hydrogen (secondary N) is 2. The molecule has 3 amide bonds. The molecular formula is C23H25FN4O2. The highest BCUT2D eigenvalue weighted by atomic mass is 19.1. The van der Waals surface area contributed by atoms with Crippen LogP contribution in [0.2, 0.25) is 0 Å². The van der Waals surface area contributed by atoms with E-state index in [-0.39, 0.29) is 17.8 Å². The van der Waals surface area contributed by atoms with Crippen LogP contribution in [0.5, 0.6) is 0 Å². The average molecular weight is 408 g/mol. The molecule has 0 radical (unpaired) electrons. The minimum atomic E-state index is -0.477. The summed E-state index contributed by atoms with van der Waals surface area (Å²) >= 11 is 0. The largest absolute Gasteiger partial charge is 0.361 e. The zero-order valence-electron chi connectivity index (χ0n) is 16.9. The van der Waals surface area contributed by atoms with E-state index in [4.69, 9.17) is 0 Å². The number of urea groups is 1. The smallest absolute Gasteiger partial charge is 0.317 e. The number of aromatic nitrogens is 1. The molecule has 156 valence electrons. The lowest BCUT2D eigenvalue weighted by Crippen LogP contribution is -2.55. The van der Waals surface area contributed by atoms with E-state index in [9.17, 15) is 14.0 Å². The quantitative estimate of drug-likeness (QED) is 0.676. The number of halogens is 1. The fraction of sp³-hybridized carbons (Fsp3) is 0.304. The number of H-pyrrole nitrogens is 1. The van der Waals surface area contributed by atoms with Crippen LogP contribution < -0.4 is 10.2 Å². The topological polar surface area (TPSA) is 68.4 Å². The van der Waals surface area contributed by atoms with Crippen molar-refractivity contribution in [2.45, 2.75) is 25.3 Å². The van der Waals surface area contributed by atoms with Crippen LogP contribution >= 0.6 is 0 Å². The zero-order chi connectivity index (χ0) is 21.1.